The SMILES string of the molecule is Cn1cnc2cc(C(=O)NCC(CC3CC3)C(=O)O)ccc21. The highest BCUT2D eigenvalue weighted by Gasteiger charge is 2.29. The molecule has 1 amide bonds. The second-order valence-corrected chi connectivity index (χ2v) is 5.98. The molecule has 1 fully saturated rings. The van der Waals surface area contributed by atoms with Crippen LogP contribution in [0.3, 0.4) is 0 Å². The van der Waals surface area contributed by atoms with E-state index in [1.165, 1.54) is 0 Å². The van der Waals surface area contributed by atoms with Gasteiger partial charge in [-0.05, 0) is 30.5 Å². The molecule has 0 spiro atoms. The Labute approximate surface area is 128 Å². The Morgan fingerprint density at radius 1 is 1.45 bits per heavy atom. The monoisotopic (exact) mass is 301 g/mol. The molecule has 0 bridgehead atoms. The number of nitrogens with one attached hydrogen (secondary N) is 1. The van der Waals surface area contributed by atoms with Gasteiger partial charge in [-0.3, -0.25) is 9.59 Å². The minimum Gasteiger partial charge on any atom is -0.481 e. The van der Waals surface area contributed by atoms with Crippen LogP contribution in [0.4, 0.5) is 0 Å². The van der Waals surface area contributed by atoms with E-state index in [0.29, 0.717) is 17.9 Å². The van der Waals surface area contributed by atoms with E-state index in [0.717, 1.165) is 23.9 Å². The molecule has 116 valence electrons. The van der Waals surface area contributed by atoms with Gasteiger partial charge in [0.1, 0.15) is 0 Å². The lowest BCUT2D eigenvalue weighted by atomic mass is 10.0. The number of fused-ring (bicyclic) bond motifs is 1. The zero-order chi connectivity index (χ0) is 15.7. The van der Waals surface area contributed by atoms with Crippen LogP contribution >= 0.6 is 0 Å². The maximum atomic E-state index is 12.2. The van der Waals surface area contributed by atoms with Gasteiger partial charge in [-0.15, -0.1) is 0 Å². The lowest BCUT2D eigenvalue weighted by molar-refractivity contribution is -0.141. The molecule has 6 heteroatoms. The minimum absolute atomic E-state index is 0.172. The van der Waals surface area contributed by atoms with E-state index in [1.807, 2.05) is 17.7 Å². The lowest BCUT2D eigenvalue weighted by Gasteiger charge is -2.13. The number of amides is 1. The highest BCUT2D eigenvalue weighted by molar-refractivity contribution is 5.97. The number of benzene rings is 1. The summed E-state index contributed by atoms with van der Waals surface area (Å²) in [6, 6.07) is 5.30. The number of hydrogen-bond acceptors (Lipinski definition) is 3. The second-order valence-electron chi connectivity index (χ2n) is 5.98. The number of aliphatic carboxylic acids is 1. The van der Waals surface area contributed by atoms with Crippen LogP contribution in [0.2, 0.25) is 0 Å². The molecule has 0 aliphatic heterocycles. The number of hydrogen-bond donors (Lipinski definition) is 2. The number of aryl methyl sites for hydroxylation is 1. The van der Waals surface area contributed by atoms with Crippen LogP contribution in [-0.2, 0) is 11.8 Å². The topological polar surface area (TPSA) is 84.2 Å². The van der Waals surface area contributed by atoms with Gasteiger partial charge in [-0.2, -0.15) is 0 Å². The molecule has 1 aliphatic rings. The normalized spacial score (nSPS) is 15.7. The number of nitrogens with zero attached hydrogens (tertiary/aromatic N) is 2. The van der Waals surface area contributed by atoms with Crippen molar-refractivity contribution in [2.45, 2.75) is 19.3 Å². The molecule has 1 atom stereocenters. The Bertz CT molecular complexity index is 718. The molecule has 3 rings (SSSR count). The van der Waals surface area contributed by atoms with Crippen LogP contribution in [0.1, 0.15) is 29.6 Å². The highest BCUT2D eigenvalue weighted by atomic mass is 16.4. The van der Waals surface area contributed by atoms with Crippen molar-refractivity contribution in [1.82, 2.24) is 14.9 Å². The summed E-state index contributed by atoms with van der Waals surface area (Å²) >= 11 is 0. The van der Waals surface area contributed by atoms with Gasteiger partial charge in [0.25, 0.3) is 5.91 Å². The van der Waals surface area contributed by atoms with Gasteiger partial charge in [0.2, 0.25) is 0 Å². The number of carbonyl (C=O) groups is 2. The van der Waals surface area contributed by atoms with Crippen molar-refractivity contribution in [3.63, 3.8) is 0 Å². The zero-order valence-electron chi connectivity index (χ0n) is 12.5. The number of carbonyl (C=O) groups excluding carboxylic acids is 1. The maximum absolute atomic E-state index is 12.2. The van der Waals surface area contributed by atoms with Crippen LogP contribution < -0.4 is 5.32 Å². The van der Waals surface area contributed by atoms with Gasteiger partial charge < -0.3 is 15.0 Å². The molecule has 1 heterocycles. The van der Waals surface area contributed by atoms with Crippen LogP contribution in [0.15, 0.2) is 24.5 Å². The first kappa shape index (κ1) is 14.6. The van der Waals surface area contributed by atoms with Crippen molar-refractivity contribution in [3.8, 4) is 0 Å². The summed E-state index contributed by atoms with van der Waals surface area (Å²) in [5.74, 6) is -1.08. The molecule has 1 aromatic heterocycles. The van der Waals surface area contributed by atoms with Crippen LogP contribution in [0.25, 0.3) is 11.0 Å². The van der Waals surface area contributed by atoms with Crippen molar-refractivity contribution in [2.75, 3.05) is 6.54 Å². The first-order valence-corrected chi connectivity index (χ1v) is 7.46. The number of carboxylic acid groups (broad SMARTS) is 1. The third kappa shape index (κ3) is 3.10. The summed E-state index contributed by atoms with van der Waals surface area (Å²) < 4.78 is 1.88. The van der Waals surface area contributed by atoms with Gasteiger partial charge in [0, 0.05) is 19.2 Å². The van der Waals surface area contributed by atoms with Gasteiger partial charge >= 0.3 is 5.97 Å². The minimum atomic E-state index is -0.840. The average Bonchev–Trinajstić information content (AvgIpc) is 3.25. The van der Waals surface area contributed by atoms with Crippen LogP contribution in [0, 0.1) is 11.8 Å². The summed E-state index contributed by atoms with van der Waals surface area (Å²) in [5, 5.41) is 11.9. The third-order valence-electron chi connectivity index (χ3n) is 4.16. The predicted octanol–water partition coefficient (Wildman–Crippen LogP) is 1.80. The van der Waals surface area contributed by atoms with Crippen LogP contribution in [-0.4, -0.2) is 33.1 Å². The standard InChI is InChI=1S/C16H19N3O3/c1-19-9-18-13-7-11(4-5-14(13)19)15(20)17-8-12(16(21)22)6-10-2-3-10/h4-5,7,9-10,12H,2-3,6,8H2,1H3,(H,17,20)(H,21,22). The van der Waals surface area contributed by atoms with Crippen molar-refractivity contribution in [1.29, 1.82) is 0 Å². The molecule has 2 N–H and O–H groups in total. The quantitative estimate of drug-likeness (QED) is 0.852. The van der Waals surface area contributed by atoms with Crippen molar-refractivity contribution in [3.05, 3.63) is 30.1 Å². The summed E-state index contributed by atoms with van der Waals surface area (Å²) in [7, 11) is 1.89. The van der Waals surface area contributed by atoms with Gasteiger partial charge in [-0.1, -0.05) is 12.8 Å². The zero-order valence-corrected chi connectivity index (χ0v) is 12.5. The third-order valence-corrected chi connectivity index (χ3v) is 4.16. The molecular formula is C16H19N3O3. The maximum Gasteiger partial charge on any atom is 0.308 e. The Hall–Kier alpha value is -2.37. The van der Waals surface area contributed by atoms with E-state index >= 15 is 0 Å². The van der Waals surface area contributed by atoms with Crippen molar-refractivity contribution in [2.24, 2.45) is 18.9 Å². The Balaban J connectivity index is 1.65. The molecule has 2 aromatic rings. The average molecular weight is 301 g/mol. The largest absolute Gasteiger partial charge is 0.481 e. The Morgan fingerprint density at radius 3 is 2.91 bits per heavy atom. The van der Waals surface area contributed by atoms with E-state index in [2.05, 4.69) is 10.3 Å². The van der Waals surface area contributed by atoms with E-state index in [4.69, 9.17) is 0 Å². The first-order chi connectivity index (χ1) is 10.5. The molecule has 0 radical (unpaired) electrons. The molecule has 1 aromatic carbocycles. The van der Waals surface area contributed by atoms with Gasteiger partial charge in [-0.25, -0.2) is 4.98 Å². The smallest absolute Gasteiger partial charge is 0.308 e. The molecule has 1 aliphatic carbocycles. The van der Waals surface area contributed by atoms with Gasteiger partial charge in [0.05, 0.1) is 23.3 Å². The number of rotatable bonds is 6. The fourth-order valence-corrected chi connectivity index (χ4v) is 2.62. The number of aromatic nitrogens is 2. The second kappa shape index (κ2) is 5.79. The molecule has 22 heavy (non-hydrogen) atoms. The van der Waals surface area contributed by atoms with E-state index in [-0.39, 0.29) is 12.5 Å². The highest BCUT2D eigenvalue weighted by Crippen LogP contribution is 2.35. The summed E-state index contributed by atoms with van der Waals surface area (Å²) in [5.41, 5.74) is 2.21. The fourth-order valence-electron chi connectivity index (χ4n) is 2.62. The lowest BCUT2D eigenvalue weighted by Crippen LogP contribution is -2.33. The van der Waals surface area contributed by atoms with Gasteiger partial charge in [0.15, 0.2) is 0 Å². The molecule has 1 unspecified atom stereocenters. The van der Waals surface area contributed by atoms with Crippen LogP contribution in [0.5, 0.6) is 0 Å². The molecule has 0 saturated heterocycles. The molecular weight excluding hydrogens is 282 g/mol. The summed E-state index contributed by atoms with van der Waals surface area (Å²) in [6.07, 6.45) is 4.56. The Kier molecular flexibility index (Phi) is 3.83. The number of carboxylic acids is 1. The van der Waals surface area contributed by atoms with E-state index < -0.39 is 11.9 Å². The number of imidazole rings is 1. The summed E-state index contributed by atoms with van der Waals surface area (Å²) in [6.45, 7) is 0.172. The molecule has 6 nitrogen and oxygen atoms in total. The molecule has 1 saturated carbocycles. The first-order valence-electron chi connectivity index (χ1n) is 7.46. The fraction of sp³-hybridized carbons (Fsp3) is 0.438. The van der Waals surface area contributed by atoms with E-state index in [1.54, 1.807) is 18.5 Å². The van der Waals surface area contributed by atoms with Crippen molar-refractivity contribution < 1.29 is 14.7 Å². The van der Waals surface area contributed by atoms with Crippen molar-refractivity contribution >= 4 is 22.9 Å². The summed E-state index contributed by atoms with van der Waals surface area (Å²) in [4.78, 5) is 27.6. The van der Waals surface area contributed by atoms with E-state index in [9.17, 15) is 14.7 Å². The Morgan fingerprint density at radius 2 is 2.23 bits per heavy atom. The predicted molar refractivity (Wildman–Crippen MR) is 81.5 cm³/mol.